The third-order valence-corrected chi connectivity index (χ3v) is 7.64. The zero-order valence-corrected chi connectivity index (χ0v) is 23.2. The Morgan fingerprint density at radius 2 is 1.73 bits per heavy atom. The van der Waals surface area contributed by atoms with Crippen LogP contribution in [0.5, 0.6) is 0 Å². The number of aryl methyl sites for hydroxylation is 1. The monoisotopic (exact) mass is 563 g/mol. The first-order valence-electron chi connectivity index (χ1n) is 13.7. The van der Waals surface area contributed by atoms with Gasteiger partial charge >= 0.3 is 12.1 Å². The molecule has 2 heterocycles. The number of hydrogen-bond acceptors (Lipinski definition) is 5. The molecule has 1 aliphatic rings. The first-order chi connectivity index (χ1) is 19.7. The maximum atomic E-state index is 14.1. The highest BCUT2D eigenvalue weighted by Gasteiger charge is 2.41. The highest BCUT2D eigenvalue weighted by atomic mass is 19.4. The molecule has 5 rings (SSSR count). The van der Waals surface area contributed by atoms with Crippen molar-refractivity contribution in [3.05, 3.63) is 89.2 Å². The Kier molecular flexibility index (Phi) is 8.26. The predicted molar refractivity (Wildman–Crippen MR) is 150 cm³/mol. The van der Waals surface area contributed by atoms with Crippen LogP contribution in [0.15, 0.2) is 66.9 Å². The number of esters is 1. The standard InChI is InChI=1S/C32H32F3N3O3/c1-4-41-31(39)27-19-36-38(30(27)32(33,34)35)29-7-5-6-28(37-29)26-18-20(2)8-17-25(26)23-11-9-21(10-12-23)22-13-15-24(40-3)16-14-22/h5-12,17-19,22,24H,4,13-16H2,1-3H3. The molecule has 0 saturated heterocycles. The molecule has 2 aromatic carbocycles. The average Bonchev–Trinajstić information content (AvgIpc) is 3.44. The van der Waals surface area contributed by atoms with Crippen LogP contribution in [-0.4, -0.2) is 40.6 Å². The maximum Gasteiger partial charge on any atom is 0.434 e. The molecular weight excluding hydrogens is 531 g/mol. The minimum absolute atomic E-state index is 0.0545. The normalized spacial score (nSPS) is 17.4. The number of nitrogens with zero attached hydrogens (tertiary/aromatic N) is 3. The second-order valence-electron chi connectivity index (χ2n) is 10.3. The van der Waals surface area contributed by atoms with Crippen molar-refractivity contribution in [2.45, 2.75) is 57.7 Å². The van der Waals surface area contributed by atoms with Gasteiger partial charge in [-0.25, -0.2) is 14.5 Å². The Hall–Kier alpha value is -3.98. The van der Waals surface area contributed by atoms with Crippen LogP contribution in [0.25, 0.3) is 28.2 Å². The van der Waals surface area contributed by atoms with Crippen LogP contribution >= 0.6 is 0 Å². The van der Waals surface area contributed by atoms with E-state index in [1.807, 2.05) is 25.1 Å². The van der Waals surface area contributed by atoms with E-state index in [-0.39, 0.29) is 12.4 Å². The van der Waals surface area contributed by atoms with Gasteiger partial charge in [-0.15, -0.1) is 0 Å². The van der Waals surface area contributed by atoms with Crippen LogP contribution in [0.3, 0.4) is 0 Å². The fraction of sp³-hybridized carbons (Fsp3) is 0.344. The number of pyridine rings is 1. The van der Waals surface area contributed by atoms with Gasteiger partial charge in [-0.2, -0.15) is 18.3 Å². The van der Waals surface area contributed by atoms with Crippen LogP contribution in [0.1, 0.15) is 65.7 Å². The van der Waals surface area contributed by atoms with Gasteiger partial charge in [0.1, 0.15) is 5.56 Å². The molecule has 1 fully saturated rings. The van der Waals surface area contributed by atoms with Crippen molar-refractivity contribution in [1.82, 2.24) is 14.8 Å². The number of methoxy groups -OCH3 is 1. The van der Waals surface area contributed by atoms with Gasteiger partial charge in [0, 0.05) is 12.7 Å². The van der Waals surface area contributed by atoms with E-state index in [1.165, 1.54) is 18.6 Å². The molecule has 0 bridgehead atoms. The molecule has 0 unspecified atom stereocenters. The van der Waals surface area contributed by atoms with Crippen molar-refractivity contribution in [2.75, 3.05) is 13.7 Å². The summed E-state index contributed by atoms with van der Waals surface area (Å²) in [6.45, 7) is 3.43. The summed E-state index contributed by atoms with van der Waals surface area (Å²) < 4.78 is 53.3. The molecule has 1 aliphatic carbocycles. The molecule has 41 heavy (non-hydrogen) atoms. The zero-order valence-electron chi connectivity index (χ0n) is 23.2. The smallest absolute Gasteiger partial charge is 0.434 e. The van der Waals surface area contributed by atoms with Gasteiger partial charge in [0.2, 0.25) is 0 Å². The van der Waals surface area contributed by atoms with Crippen LogP contribution in [0.2, 0.25) is 0 Å². The first-order valence-corrected chi connectivity index (χ1v) is 13.7. The summed E-state index contributed by atoms with van der Waals surface area (Å²) in [5, 5.41) is 3.88. The summed E-state index contributed by atoms with van der Waals surface area (Å²) in [6.07, 6.45) is 0.660. The van der Waals surface area contributed by atoms with Gasteiger partial charge in [-0.05, 0) is 80.3 Å². The fourth-order valence-electron chi connectivity index (χ4n) is 5.53. The fourth-order valence-corrected chi connectivity index (χ4v) is 5.53. The van der Waals surface area contributed by atoms with Crippen molar-refractivity contribution in [3.8, 4) is 28.2 Å². The van der Waals surface area contributed by atoms with E-state index >= 15 is 0 Å². The molecule has 0 radical (unpaired) electrons. The summed E-state index contributed by atoms with van der Waals surface area (Å²) in [4.78, 5) is 16.8. The lowest BCUT2D eigenvalue weighted by Crippen LogP contribution is -2.19. The van der Waals surface area contributed by atoms with Gasteiger partial charge in [0.05, 0.1) is 24.6 Å². The lowest BCUT2D eigenvalue weighted by molar-refractivity contribution is -0.143. The maximum absolute atomic E-state index is 14.1. The van der Waals surface area contributed by atoms with E-state index < -0.39 is 23.4 Å². The van der Waals surface area contributed by atoms with E-state index in [4.69, 9.17) is 9.47 Å². The molecule has 6 nitrogen and oxygen atoms in total. The second kappa shape index (κ2) is 11.9. The largest absolute Gasteiger partial charge is 0.462 e. The molecule has 4 aromatic rings. The Bertz CT molecular complexity index is 1520. The van der Waals surface area contributed by atoms with Gasteiger partial charge in [-0.1, -0.05) is 48.0 Å². The van der Waals surface area contributed by atoms with E-state index in [0.717, 1.165) is 54.1 Å². The van der Waals surface area contributed by atoms with E-state index in [0.29, 0.717) is 22.4 Å². The third-order valence-electron chi connectivity index (χ3n) is 7.64. The van der Waals surface area contributed by atoms with E-state index in [9.17, 15) is 18.0 Å². The summed E-state index contributed by atoms with van der Waals surface area (Å²) >= 11 is 0. The number of benzene rings is 2. The number of ether oxygens (including phenoxy) is 2. The van der Waals surface area contributed by atoms with Gasteiger partial charge < -0.3 is 9.47 Å². The molecule has 0 spiro atoms. The van der Waals surface area contributed by atoms with Gasteiger partial charge in [0.25, 0.3) is 0 Å². The molecule has 1 saturated carbocycles. The number of alkyl halides is 3. The number of halogens is 3. The Labute approximate surface area is 237 Å². The topological polar surface area (TPSA) is 66.2 Å². The lowest BCUT2D eigenvalue weighted by Gasteiger charge is -2.28. The van der Waals surface area contributed by atoms with Gasteiger partial charge in [0.15, 0.2) is 11.5 Å². The number of carbonyl (C=O) groups is 1. The second-order valence-corrected chi connectivity index (χ2v) is 10.3. The lowest BCUT2D eigenvalue weighted by atomic mass is 9.82. The van der Waals surface area contributed by atoms with Crippen LogP contribution < -0.4 is 0 Å². The predicted octanol–water partition coefficient (Wildman–Crippen LogP) is 7.78. The average molecular weight is 564 g/mol. The SMILES string of the molecule is CCOC(=O)c1cnn(-c2cccc(-c3cc(C)ccc3-c3ccc(C4CCC(OC)CC4)cc3)n2)c1C(F)(F)F. The minimum Gasteiger partial charge on any atom is -0.462 e. The summed E-state index contributed by atoms with van der Waals surface area (Å²) in [5.74, 6) is -0.638. The van der Waals surface area contributed by atoms with Crippen molar-refractivity contribution in [2.24, 2.45) is 0 Å². The van der Waals surface area contributed by atoms with E-state index in [1.54, 1.807) is 19.2 Å². The number of aromatic nitrogens is 3. The molecule has 214 valence electrons. The Morgan fingerprint density at radius 3 is 2.39 bits per heavy atom. The molecule has 2 aromatic heterocycles. The van der Waals surface area contributed by atoms with Gasteiger partial charge in [-0.3, -0.25) is 0 Å². The summed E-state index contributed by atoms with van der Waals surface area (Å²) in [5.41, 5.74) is 3.59. The zero-order chi connectivity index (χ0) is 29.1. The van der Waals surface area contributed by atoms with Crippen LogP contribution in [0, 0.1) is 6.92 Å². The summed E-state index contributed by atoms with van der Waals surface area (Å²) in [6, 6.07) is 19.3. The Morgan fingerprint density at radius 1 is 1.00 bits per heavy atom. The third kappa shape index (κ3) is 6.05. The highest BCUT2D eigenvalue weighted by Crippen LogP contribution is 2.38. The molecule has 0 amide bonds. The molecule has 0 atom stereocenters. The molecule has 0 aliphatic heterocycles. The highest BCUT2D eigenvalue weighted by molar-refractivity contribution is 5.91. The summed E-state index contributed by atoms with van der Waals surface area (Å²) in [7, 11) is 1.77. The number of carbonyl (C=O) groups excluding carboxylic acids is 1. The van der Waals surface area contributed by atoms with Crippen molar-refractivity contribution < 1.29 is 27.4 Å². The van der Waals surface area contributed by atoms with Crippen molar-refractivity contribution >= 4 is 5.97 Å². The molecule has 9 heteroatoms. The van der Waals surface area contributed by atoms with Crippen molar-refractivity contribution in [1.29, 1.82) is 0 Å². The number of hydrogen-bond donors (Lipinski definition) is 0. The van der Waals surface area contributed by atoms with E-state index in [2.05, 4.69) is 34.3 Å². The number of rotatable bonds is 7. The minimum atomic E-state index is -4.85. The van der Waals surface area contributed by atoms with Crippen LogP contribution in [-0.2, 0) is 15.7 Å². The Balaban J connectivity index is 1.51. The molecule has 0 N–H and O–H groups in total. The first kappa shape index (κ1) is 28.5. The molecular formula is C32H32F3N3O3. The van der Waals surface area contributed by atoms with Crippen molar-refractivity contribution in [3.63, 3.8) is 0 Å². The van der Waals surface area contributed by atoms with Crippen LogP contribution in [0.4, 0.5) is 13.2 Å². The quantitative estimate of drug-likeness (QED) is 0.215.